The van der Waals surface area contributed by atoms with Crippen LogP contribution in [0.5, 0.6) is 23.0 Å². The Hall–Kier alpha value is -3.67. The molecule has 0 aromatic heterocycles. The van der Waals surface area contributed by atoms with Gasteiger partial charge in [0.25, 0.3) is 0 Å². The standard InChI is InChI=1S/C26H27NO5/c1-16-6-9-19(10-7-16)27-25(28)14-18-13-23(31-4)24(32-5)15-20(18)26(27)17-8-11-21(29-2)22(12-17)30-3/h6-13,15,26H,14H2,1-5H3. The fraction of sp³-hybridized carbons (Fsp3) is 0.269. The average Bonchev–Trinajstić information content (AvgIpc) is 2.82. The molecule has 1 atom stereocenters. The molecule has 3 aromatic rings. The molecular formula is C26H27NO5. The molecule has 0 spiro atoms. The Morgan fingerprint density at radius 3 is 1.97 bits per heavy atom. The average molecular weight is 434 g/mol. The molecule has 6 heteroatoms. The van der Waals surface area contributed by atoms with Crippen molar-refractivity contribution in [2.75, 3.05) is 33.3 Å². The summed E-state index contributed by atoms with van der Waals surface area (Å²) in [6.07, 6.45) is 0.271. The summed E-state index contributed by atoms with van der Waals surface area (Å²) in [5.74, 6) is 2.47. The number of nitrogens with zero attached hydrogens (tertiary/aromatic N) is 1. The minimum absolute atomic E-state index is 0.00774. The maximum absolute atomic E-state index is 13.5. The van der Waals surface area contributed by atoms with E-state index >= 15 is 0 Å². The van der Waals surface area contributed by atoms with E-state index in [-0.39, 0.29) is 18.4 Å². The van der Waals surface area contributed by atoms with E-state index in [0.29, 0.717) is 23.0 Å². The zero-order valence-electron chi connectivity index (χ0n) is 19.0. The predicted octanol–water partition coefficient (Wildman–Crippen LogP) is 4.71. The van der Waals surface area contributed by atoms with Crippen molar-refractivity contribution in [1.82, 2.24) is 0 Å². The number of hydrogen-bond donors (Lipinski definition) is 0. The van der Waals surface area contributed by atoms with Crippen LogP contribution in [-0.2, 0) is 11.2 Å². The topological polar surface area (TPSA) is 57.2 Å². The fourth-order valence-corrected chi connectivity index (χ4v) is 4.23. The van der Waals surface area contributed by atoms with Gasteiger partial charge in [-0.2, -0.15) is 0 Å². The molecular weight excluding hydrogens is 406 g/mol. The maximum Gasteiger partial charge on any atom is 0.232 e. The molecule has 0 radical (unpaired) electrons. The molecule has 1 aliphatic rings. The number of carbonyl (C=O) groups excluding carboxylic acids is 1. The third-order valence-electron chi connectivity index (χ3n) is 5.84. The van der Waals surface area contributed by atoms with Gasteiger partial charge in [-0.3, -0.25) is 4.79 Å². The molecule has 1 aliphatic heterocycles. The molecule has 0 bridgehead atoms. The molecule has 1 amide bonds. The van der Waals surface area contributed by atoms with E-state index in [9.17, 15) is 4.79 Å². The van der Waals surface area contributed by atoms with Gasteiger partial charge in [-0.15, -0.1) is 0 Å². The van der Waals surface area contributed by atoms with Gasteiger partial charge < -0.3 is 23.8 Å². The lowest BCUT2D eigenvalue weighted by Crippen LogP contribution is -2.41. The van der Waals surface area contributed by atoms with Crippen molar-refractivity contribution in [3.63, 3.8) is 0 Å². The Morgan fingerprint density at radius 1 is 0.750 bits per heavy atom. The van der Waals surface area contributed by atoms with Crippen LogP contribution in [-0.4, -0.2) is 34.3 Å². The van der Waals surface area contributed by atoms with Crippen LogP contribution >= 0.6 is 0 Å². The number of hydrogen-bond acceptors (Lipinski definition) is 5. The second-order valence-electron chi connectivity index (χ2n) is 7.70. The Balaban J connectivity index is 1.95. The summed E-state index contributed by atoms with van der Waals surface area (Å²) in [5.41, 5.74) is 4.77. The zero-order chi connectivity index (χ0) is 22.8. The van der Waals surface area contributed by atoms with E-state index in [1.165, 1.54) is 0 Å². The van der Waals surface area contributed by atoms with Crippen molar-refractivity contribution in [3.8, 4) is 23.0 Å². The highest BCUT2D eigenvalue weighted by Gasteiger charge is 2.36. The first-order chi connectivity index (χ1) is 15.5. The van der Waals surface area contributed by atoms with Crippen molar-refractivity contribution < 1.29 is 23.7 Å². The highest BCUT2D eigenvalue weighted by molar-refractivity contribution is 5.98. The lowest BCUT2D eigenvalue weighted by Gasteiger charge is -2.38. The molecule has 0 saturated carbocycles. The van der Waals surface area contributed by atoms with Crippen LogP contribution in [0.15, 0.2) is 54.6 Å². The predicted molar refractivity (Wildman–Crippen MR) is 123 cm³/mol. The van der Waals surface area contributed by atoms with Crippen molar-refractivity contribution in [2.45, 2.75) is 19.4 Å². The van der Waals surface area contributed by atoms with Crippen LogP contribution in [0.3, 0.4) is 0 Å². The normalized spacial score (nSPS) is 15.2. The Morgan fingerprint density at radius 2 is 1.34 bits per heavy atom. The Labute approximate surface area is 188 Å². The molecule has 166 valence electrons. The number of carbonyl (C=O) groups is 1. The summed E-state index contributed by atoms with van der Waals surface area (Å²) in [6, 6.07) is 17.2. The monoisotopic (exact) mass is 433 g/mol. The summed E-state index contributed by atoms with van der Waals surface area (Å²) in [5, 5.41) is 0. The summed E-state index contributed by atoms with van der Waals surface area (Å²) < 4.78 is 22.0. The van der Waals surface area contributed by atoms with Gasteiger partial charge in [0.05, 0.1) is 40.9 Å². The van der Waals surface area contributed by atoms with Crippen LogP contribution in [0.1, 0.15) is 28.3 Å². The summed E-state index contributed by atoms with van der Waals surface area (Å²) in [7, 11) is 6.42. The lowest BCUT2D eigenvalue weighted by molar-refractivity contribution is -0.118. The highest BCUT2D eigenvalue weighted by Crippen LogP contribution is 2.44. The molecule has 0 aliphatic carbocycles. The molecule has 1 heterocycles. The second-order valence-corrected chi connectivity index (χ2v) is 7.70. The third kappa shape index (κ3) is 3.73. The van der Waals surface area contributed by atoms with E-state index in [4.69, 9.17) is 18.9 Å². The number of ether oxygens (including phenoxy) is 4. The van der Waals surface area contributed by atoms with Gasteiger partial charge in [0.1, 0.15) is 0 Å². The fourth-order valence-electron chi connectivity index (χ4n) is 4.23. The molecule has 4 rings (SSSR count). The quantitative estimate of drug-likeness (QED) is 0.564. The third-order valence-corrected chi connectivity index (χ3v) is 5.84. The van der Waals surface area contributed by atoms with Gasteiger partial charge in [0.15, 0.2) is 23.0 Å². The van der Waals surface area contributed by atoms with Crippen molar-refractivity contribution in [2.24, 2.45) is 0 Å². The first kappa shape index (κ1) is 21.6. The number of anilines is 1. The van der Waals surface area contributed by atoms with Crippen LogP contribution < -0.4 is 23.8 Å². The number of aryl methyl sites for hydroxylation is 1. The number of benzene rings is 3. The van der Waals surface area contributed by atoms with E-state index < -0.39 is 0 Å². The molecule has 32 heavy (non-hydrogen) atoms. The van der Waals surface area contributed by atoms with Crippen molar-refractivity contribution >= 4 is 11.6 Å². The van der Waals surface area contributed by atoms with Crippen LogP contribution in [0.4, 0.5) is 5.69 Å². The molecule has 1 unspecified atom stereocenters. The van der Waals surface area contributed by atoms with Gasteiger partial charge in [0.2, 0.25) is 5.91 Å². The number of rotatable bonds is 6. The van der Waals surface area contributed by atoms with Gasteiger partial charge >= 0.3 is 0 Å². The highest BCUT2D eigenvalue weighted by atomic mass is 16.5. The number of amides is 1. The van der Waals surface area contributed by atoms with Gasteiger partial charge in [-0.1, -0.05) is 23.8 Å². The van der Waals surface area contributed by atoms with Gasteiger partial charge in [0, 0.05) is 5.69 Å². The minimum Gasteiger partial charge on any atom is -0.493 e. The number of fused-ring (bicyclic) bond motifs is 1. The molecule has 3 aromatic carbocycles. The summed E-state index contributed by atoms with van der Waals surface area (Å²) >= 11 is 0. The van der Waals surface area contributed by atoms with Crippen LogP contribution in [0.25, 0.3) is 0 Å². The van der Waals surface area contributed by atoms with Crippen molar-refractivity contribution in [3.05, 3.63) is 76.9 Å². The summed E-state index contributed by atoms with van der Waals surface area (Å²) in [4.78, 5) is 15.3. The zero-order valence-corrected chi connectivity index (χ0v) is 19.0. The van der Waals surface area contributed by atoms with Gasteiger partial charge in [-0.05, 0) is 60.0 Å². The molecule has 0 saturated heterocycles. The first-order valence-electron chi connectivity index (χ1n) is 10.4. The molecule has 6 nitrogen and oxygen atoms in total. The van der Waals surface area contributed by atoms with Crippen LogP contribution in [0.2, 0.25) is 0 Å². The van der Waals surface area contributed by atoms with Crippen molar-refractivity contribution in [1.29, 1.82) is 0 Å². The summed E-state index contributed by atoms with van der Waals surface area (Å²) in [6.45, 7) is 2.03. The second kappa shape index (κ2) is 8.83. The Kier molecular flexibility index (Phi) is 5.95. The van der Waals surface area contributed by atoms with Gasteiger partial charge in [-0.25, -0.2) is 0 Å². The van der Waals surface area contributed by atoms with E-state index in [2.05, 4.69) is 0 Å². The minimum atomic E-state index is -0.367. The van der Waals surface area contributed by atoms with E-state index in [1.54, 1.807) is 28.4 Å². The van der Waals surface area contributed by atoms with E-state index in [0.717, 1.165) is 27.9 Å². The largest absolute Gasteiger partial charge is 0.493 e. The number of methoxy groups -OCH3 is 4. The lowest BCUT2D eigenvalue weighted by atomic mass is 9.86. The Bertz CT molecular complexity index is 1140. The molecule has 0 fully saturated rings. The van der Waals surface area contributed by atoms with E-state index in [1.807, 2.05) is 66.4 Å². The smallest absolute Gasteiger partial charge is 0.232 e. The molecule has 0 N–H and O–H groups in total. The van der Waals surface area contributed by atoms with Crippen LogP contribution in [0, 0.1) is 6.92 Å². The maximum atomic E-state index is 13.5. The SMILES string of the molecule is COc1ccc(C2c3cc(OC)c(OC)cc3CC(=O)N2c2ccc(C)cc2)cc1OC. The first-order valence-corrected chi connectivity index (χ1v) is 10.4.